The van der Waals surface area contributed by atoms with E-state index in [1.165, 1.54) is 6.92 Å². The molecule has 0 radical (unpaired) electrons. The third-order valence-corrected chi connectivity index (χ3v) is 5.18. The molecule has 1 saturated heterocycles. The summed E-state index contributed by atoms with van der Waals surface area (Å²) in [7, 11) is 0. The summed E-state index contributed by atoms with van der Waals surface area (Å²) in [4.78, 5) is 49.9. The molecule has 1 aliphatic heterocycles. The van der Waals surface area contributed by atoms with Gasteiger partial charge in [0.1, 0.15) is 0 Å². The first-order valence-corrected chi connectivity index (χ1v) is 9.31. The molecule has 1 aromatic rings. The largest absolute Gasteiger partial charge is 0.455 e. The number of esters is 1. The smallest absolute Gasteiger partial charge is 0.311 e. The lowest BCUT2D eigenvalue weighted by atomic mass is 10.1. The summed E-state index contributed by atoms with van der Waals surface area (Å²) in [6.45, 7) is 1.34. The van der Waals surface area contributed by atoms with Crippen molar-refractivity contribution in [3.63, 3.8) is 0 Å². The first-order valence-electron chi connectivity index (χ1n) is 9.31. The molecule has 27 heavy (non-hydrogen) atoms. The predicted octanol–water partition coefficient (Wildman–Crippen LogP) is 2.16. The summed E-state index contributed by atoms with van der Waals surface area (Å²) in [5.41, 5.74) is 0.778. The minimum absolute atomic E-state index is 0.0105. The number of nitrogens with one attached hydrogen (secondary N) is 1. The average molecular weight is 372 g/mol. The van der Waals surface area contributed by atoms with Gasteiger partial charge in [0.25, 0.3) is 5.91 Å². The lowest BCUT2D eigenvalue weighted by Gasteiger charge is -2.23. The number of Topliss-reactive ketones (excluding diaryl/α,β-unsaturated/α-hetero) is 1. The van der Waals surface area contributed by atoms with Crippen LogP contribution in [-0.4, -0.2) is 47.7 Å². The highest BCUT2D eigenvalue weighted by Crippen LogP contribution is 2.29. The number of carbonyl (C=O) groups is 4. The lowest BCUT2D eigenvalue weighted by Crippen LogP contribution is -2.35. The number of hydrogen-bond donors (Lipinski definition) is 1. The molecule has 3 rings (SSSR count). The van der Waals surface area contributed by atoms with Crippen LogP contribution < -0.4 is 5.32 Å². The molecule has 0 unspecified atom stereocenters. The van der Waals surface area contributed by atoms with Crippen LogP contribution in [0.15, 0.2) is 24.3 Å². The number of carbonyl (C=O) groups excluding carboxylic acids is 4. The second kappa shape index (κ2) is 8.33. The Morgan fingerprint density at radius 3 is 2.59 bits per heavy atom. The van der Waals surface area contributed by atoms with Gasteiger partial charge in [-0.2, -0.15) is 0 Å². The first-order chi connectivity index (χ1) is 13.0. The molecule has 1 N–H and O–H groups in total. The van der Waals surface area contributed by atoms with Gasteiger partial charge in [-0.1, -0.05) is 25.0 Å². The van der Waals surface area contributed by atoms with Gasteiger partial charge in [0.2, 0.25) is 5.91 Å². The molecule has 1 aliphatic carbocycles. The molecule has 1 atom stereocenters. The molecule has 0 spiro atoms. The van der Waals surface area contributed by atoms with Gasteiger partial charge < -0.3 is 15.0 Å². The van der Waals surface area contributed by atoms with Crippen LogP contribution >= 0.6 is 0 Å². The van der Waals surface area contributed by atoms with Gasteiger partial charge in [0, 0.05) is 24.6 Å². The first kappa shape index (κ1) is 19.1. The maximum absolute atomic E-state index is 12.2. The maximum atomic E-state index is 12.2. The summed E-state index contributed by atoms with van der Waals surface area (Å²) in [5, 5.41) is 2.59. The average Bonchev–Trinajstić information content (AvgIpc) is 3.29. The van der Waals surface area contributed by atoms with Crippen LogP contribution in [-0.2, 0) is 19.1 Å². The molecule has 2 amide bonds. The topological polar surface area (TPSA) is 92.8 Å². The van der Waals surface area contributed by atoms with E-state index in [9.17, 15) is 19.2 Å². The standard InChI is InChI=1S/C20H24N2O5/c1-13(23)16-8-4-5-9-17(16)21-18(24)12-27-20(26)14-10-19(25)22(11-14)15-6-2-3-7-15/h4-5,8-9,14-15H,2-3,6-7,10-12H2,1H3,(H,21,24)/t14-/m0/s1. The zero-order valence-electron chi connectivity index (χ0n) is 15.4. The fourth-order valence-electron chi connectivity index (χ4n) is 3.80. The van der Waals surface area contributed by atoms with E-state index < -0.39 is 24.4 Å². The Morgan fingerprint density at radius 1 is 1.19 bits per heavy atom. The van der Waals surface area contributed by atoms with E-state index in [1.807, 2.05) is 0 Å². The second-order valence-electron chi connectivity index (χ2n) is 7.14. The molecular formula is C20H24N2O5. The zero-order valence-corrected chi connectivity index (χ0v) is 15.4. The maximum Gasteiger partial charge on any atom is 0.311 e. The van der Waals surface area contributed by atoms with Crippen molar-refractivity contribution in [2.45, 2.75) is 45.1 Å². The van der Waals surface area contributed by atoms with Gasteiger partial charge in [-0.05, 0) is 31.9 Å². The van der Waals surface area contributed by atoms with Gasteiger partial charge >= 0.3 is 5.97 Å². The molecule has 7 nitrogen and oxygen atoms in total. The Bertz CT molecular complexity index is 754. The molecule has 2 aliphatic rings. The molecule has 144 valence electrons. The predicted molar refractivity (Wildman–Crippen MR) is 98.1 cm³/mol. The highest BCUT2D eigenvalue weighted by molar-refractivity contribution is 6.04. The molecule has 7 heteroatoms. The van der Waals surface area contributed by atoms with E-state index in [2.05, 4.69) is 5.32 Å². The summed E-state index contributed by atoms with van der Waals surface area (Å²) in [6, 6.07) is 6.88. The Labute approximate surface area is 158 Å². The number of anilines is 1. The van der Waals surface area contributed by atoms with Crippen LogP contribution in [0.3, 0.4) is 0 Å². The molecule has 0 aromatic heterocycles. The fraction of sp³-hybridized carbons (Fsp3) is 0.500. The fourth-order valence-corrected chi connectivity index (χ4v) is 3.80. The molecule has 2 fully saturated rings. The number of benzene rings is 1. The number of ether oxygens (including phenoxy) is 1. The Balaban J connectivity index is 1.50. The number of ketones is 1. The summed E-state index contributed by atoms with van der Waals surface area (Å²) >= 11 is 0. The van der Waals surface area contributed by atoms with E-state index >= 15 is 0 Å². The third kappa shape index (κ3) is 4.53. The van der Waals surface area contributed by atoms with E-state index in [0.29, 0.717) is 17.8 Å². The minimum atomic E-state index is -0.529. The second-order valence-corrected chi connectivity index (χ2v) is 7.14. The Hall–Kier alpha value is -2.70. The van der Waals surface area contributed by atoms with E-state index in [1.54, 1.807) is 29.2 Å². The van der Waals surface area contributed by atoms with Crippen molar-refractivity contribution in [2.75, 3.05) is 18.5 Å². The number of amides is 2. The van der Waals surface area contributed by atoms with Gasteiger partial charge in [-0.3, -0.25) is 19.2 Å². The number of para-hydroxylation sites is 1. The van der Waals surface area contributed by atoms with Crippen molar-refractivity contribution in [1.29, 1.82) is 0 Å². The SMILES string of the molecule is CC(=O)c1ccccc1NC(=O)COC(=O)[C@H]1CC(=O)N(C2CCCC2)C1. The van der Waals surface area contributed by atoms with Crippen LogP contribution in [0, 0.1) is 5.92 Å². The number of likely N-dealkylation sites (tertiary alicyclic amines) is 1. The summed E-state index contributed by atoms with van der Waals surface area (Å²) < 4.78 is 5.10. The number of hydrogen-bond acceptors (Lipinski definition) is 5. The van der Waals surface area contributed by atoms with Crippen molar-refractivity contribution >= 4 is 29.3 Å². The highest BCUT2D eigenvalue weighted by Gasteiger charge is 2.39. The van der Waals surface area contributed by atoms with Gasteiger partial charge in [-0.25, -0.2) is 0 Å². The molecule has 1 saturated carbocycles. The van der Waals surface area contributed by atoms with Gasteiger partial charge in [0.15, 0.2) is 12.4 Å². The molecule has 1 heterocycles. The van der Waals surface area contributed by atoms with Gasteiger partial charge in [0.05, 0.1) is 11.6 Å². The van der Waals surface area contributed by atoms with Crippen LogP contribution in [0.25, 0.3) is 0 Å². The zero-order chi connectivity index (χ0) is 19.4. The summed E-state index contributed by atoms with van der Waals surface area (Å²) in [6.07, 6.45) is 4.36. The van der Waals surface area contributed by atoms with E-state index in [0.717, 1.165) is 25.7 Å². The Morgan fingerprint density at radius 2 is 1.89 bits per heavy atom. The quantitative estimate of drug-likeness (QED) is 0.610. The van der Waals surface area contributed by atoms with Crippen molar-refractivity contribution in [1.82, 2.24) is 4.90 Å². The van der Waals surface area contributed by atoms with E-state index in [4.69, 9.17) is 4.74 Å². The Kier molecular flexibility index (Phi) is 5.88. The van der Waals surface area contributed by atoms with Crippen molar-refractivity contribution in [3.05, 3.63) is 29.8 Å². The lowest BCUT2D eigenvalue weighted by molar-refractivity contribution is -0.151. The van der Waals surface area contributed by atoms with Crippen LogP contribution in [0.1, 0.15) is 49.4 Å². The highest BCUT2D eigenvalue weighted by atomic mass is 16.5. The molecular weight excluding hydrogens is 348 g/mol. The molecule has 0 bridgehead atoms. The van der Waals surface area contributed by atoms with Gasteiger partial charge in [-0.15, -0.1) is 0 Å². The van der Waals surface area contributed by atoms with Crippen molar-refractivity contribution < 1.29 is 23.9 Å². The van der Waals surface area contributed by atoms with E-state index in [-0.39, 0.29) is 24.2 Å². The molecule has 1 aromatic carbocycles. The monoisotopic (exact) mass is 372 g/mol. The van der Waals surface area contributed by atoms with Crippen LogP contribution in [0.5, 0.6) is 0 Å². The third-order valence-electron chi connectivity index (χ3n) is 5.18. The number of rotatable bonds is 6. The number of nitrogens with zero attached hydrogens (tertiary/aromatic N) is 1. The van der Waals surface area contributed by atoms with Crippen molar-refractivity contribution in [2.24, 2.45) is 5.92 Å². The van der Waals surface area contributed by atoms with Crippen LogP contribution in [0.4, 0.5) is 5.69 Å². The minimum Gasteiger partial charge on any atom is -0.455 e. The normalized spacial score (nSPS) is 20.0. The van der Waals surface area contributed by atoms with Crippen molar-refractivity contribution in [3.8, 4) is 0 Å². The summed E-state index contributed by atoms with van der Waals surface area (Å²) in [5.74, 6) is -1.74. The van der Waals surface area contributed by atoms with Crippen LogP contribution in [0.2, 0.25) is 0 Å².